The monoisotopic (exact) mass is 517 g/mol. The third-order valence-corrected chi connectivity index (χ3v) is 6.27. The van der Waals surface area contributed by atoms with Crippen molar-refractivity contribution in [1.82, 2.24) is 20.3 Å². The number of anilines is 4. The molecule has 0 radical (unpaired) electrons. The van der Waals surface area contributed by atoms with Crippen molar-refractivity contribution in [1.29, 1.82) is 0 Å². The van der Waals surface area contributed by atoms with Crippen LogP contribution < -0.4 is 25.2 Å². The topological polar surface area (TPSA) is 78.4 Å². The Bertz CT molecular complexity index is 1210. The number of rotatable bonds is 5. The van der Waals surface area contributed by atoms with Gasteiger partial charge in [0.05, 0.1) is 30.3 Å². The quantitative estimate of drug-likeness (QED) is 0.516. The Morgan fingerprint density at radius 3 is 2.67 bits per heavy atom. The highest BCUT2D eigenvalue weighted by Gasteiger charge is 2.26. The lowest BCUT2D eigenvalue weighted by atomic mass is 10.1. The first kappa shape index (κ1) is 25.8. The molecule has 1 fully saturated rings. The summed E-state index contributed by atoms with van der Waals surface area (Å²) >= 11 is 0. The molecule has 0 amide bonds. The lowest BCUT2D eigenvalue weighted by molar-refractivity contribution is 0.287. The third kappa shape index (κ3) is 5.29. The number of halogens is 3. The van der Waals surface area contributed by atoms with Gasteiger partial charge in [0.1, 0.15) is 18.1 Å². The van der Waals surface area contributed by atoms with Gasteiger partial charge in [0, 0.05) is 37.3 Å². The number of benzene rings is 1. The zero-order valence-electron chi connectivity index (χ0n) is 20.5. The van der Waals surface area contributed by atoms with Crippen molar-refractivity contribution < 1.29 is 13.5 Å². The molecule has 2 aliphatic rings. The highest BCUT2D eigenvalue weighted by molar-refractivity contribution is 5.85. The van der Waals surface area contributed by atoms with Crippen LogP contribution in [0.25, 0.3) is 11.3 Å². The average molecular weight is 518 g/mol. The van der Waals surface area contributed by atoms with E-state index in [1.165, 1.54) is 6.07 Å². The van der Waals surface area contributed by atoms with E-state index in [4.69, 9.17) is 4.74 Å². The fraction of sp³-hybridized carbons (Fsp3) is 0.400. The molecular formula is C25H30ClF2N7O. The van der Waals surface area contributed by atoms with Crippen molar-refractivity contribution in [2.45, 2.75) is 32.9 Å². The number of ether oxygens (including phenoxy) is 1. The minimum absolute atomic E-state index is 0. The van der Waals surface area contributed by atoms with Crippen molar-refractivity contribution in [3.05, 3.63) is 48.3 Å². The van der Waals surface area contributed by atoms with Crippen LogP contribution in [-0.4, -0.2) is 59.8 Å². The summed E-state index contributed by atoms with van der Waals surface area (Å²) in [7, 11) is 0. The summed E-state index contributed by atoms with van der Waals surface area (Å²) in [5, 5.41) is 6.45. The molecule has 0 aliphatic carbocycles. The van der Waals surface area contributed by atoms with Gasteiger partial charge in [-0.2, -0.15) is 0 Å². The summed E-state index contributed by atoms with van der Waals surface area (Å²) in [4.78, 5) is 17.2. The number of hydrogen-bond acceptors (Lipinski definition) is 8. The SMILES string of the molecule is CC1CN(c2ccc(Nc3ncc(F)c(-c4cc(F)c5c(c4)N(C(C)C)CCO5)n3)nc2)CCN1.Cl. The van der Waals surface area contributed by atoms with E-state index < -0.39 is 11.6 Å². The summed E-state index contributed by atoms with van der Waals surface area (Å²) in [6.45, 7) is 9.98. The van der Waals surface area contributed by atoms with Crippen molar-refractivity contribution in [3.8, 4) is 17.0 Å². The van der Waals surface area contributed by atoms with Crippen LogP contribution in [0.5, 0.6) is 5.75 Å². The average Bonchev–Trinajstić information content (AvgIpc) is 2.85. The van der Waals surface area contributed by atoms with Crippen LogP contribution in [0.1, 0.15) is 20.8 Å². The summed E-state index contributed by atoms with van der Waals surface area (Å²) < 4.78 is 35.2. The molecule has 1 unspecified atom stereocenters. The zero-order valence-corrected chi connectivity index (χ0v) is 21.3. The Hall–Kier alpha value is -3.24. The smallest absolute Gasteiger partial charge is 0.229 e. The molecule has 2 aromatic heterocycles. The van der Waals surface area contributed by atoms with Gasteiger partial charge >= 0.3 is 0 Å². The molecule has 5 rings (SSSR count). The highest BCUT2D eigenvalue weighted by Crippen LogP contribution is 2.39. The van der Waals surface area contributed by atoms with Crippen LogP contribution in [0.2, 0.25) is 0 Å². The fourth-order valence-corrected chi connectivity index (χ4v) is 4.53. The minimum Gasteiger partial charge on any atom is -0.486 e. The van der Waals surface area contributed by atoms with Gasteiger partial charge in [0.15, 0.2) is 17.4 Å². The molecule has 3 aromatic rings. The van der Waals surface area contributed by atoms with Crippen molar-refractivity contribution in [2.24, 2.45) is 0 Å². The van der Waals surface area contributed by atoms with Gasteiger partial charge in [-0.1, -0.05) is 0 Å². The number of aromatic nitrogens is 3. The van der Waals surface area contributed by atoms with E-state index in [1.807, 2.05) is 30.9 Å². The van der Waals surface area contributed by atoms with Gasteiger partial charge in [0.25, 0.3) is 0 Å². The number of nitrogens with zero attached hydrogens (tertiary/aromatic N) is 5. The van der Waals surface area contributed by atoms with Crippen LogP contribution in [0.3, 0.4) is 0 Å². The summed E-state index contributed by atoms with van der Waals surface area (Å²) in [6, 6.07) is 7.34. The molecule has 0 bridgehead atoms. The van der Waals surface area contributed by atoms with E-state index in [0.717, 1.165) is 31.5 Å². The molecule has 4 heterocycles. The molecule has 0 spiro atoms. The number of piperazine rings is 1. The fourth-order valence-electron chi connectivity index (χ4n) is 4.53. The molecule has 2 aliphatic heterocycles. The van der Waals surface area contributed by atoms with E-state index in [-0.39, 0.29) is 35.8 Å². The Morgan fingerprint density at radius 2 is 1.94 bits per heavy atom. The number of pyridine rings is 1. The zero-order chi connectivity index (χ0) is 24.5. The van der Waals surface area contributed by atoms with Gasteiger partial charge in [-0.25, -0.2) is 23.7 Å². The Morgan fingerprint density at radius 1 is 1.11 bits per heavy atom. The van der Waals surface area contributed by atoms with E-state index in [0.29, 0.717) is 36.3 Å². The molecule has 1 atom stereocenters. The predicted molar refractivity (Wildman–Crippen MR) is 140 cm³/mol. The normalized spacial score (nSPS) is 17.3. The van der Waals surface area contributed by atoms with Gasteiger partial charge < -0.3 is 25.2 Å². The molecule has 36 heavy (non-hydrogen) atoms. The van der Waals surface area contributed by atoms with E-state index >= 15 is 0 Å². The second-order valence-corrected chi connectivity index (χ2v) is 9.16. The number of fused-ring (bicyclic) bond motifs is 1. The van der Waals surface area contributed by atoms with Crippen LogP contribution in [0.15, 0.2) is 36.7 Å². The van der Waals surface area contributed by atoms with Crippen molar-refractivity contribution in [2.75, 3.05) is 47.9 Å². The van der Waals surface area contributed by atoms with Gasteiger partial charge in [-0.05, 0) is 45.0 Å². The Labute approximate surface area is 215 Å². The van der Waals surface area contributed by atoms with Gasteiger partial charge in [-0.3, -0.25) is 0 Å². The lowest BCUT2D eigenvalue weighted by Crippen LogP contribution is -2.49. The van der Waals surface area contributed by atoms with Crippen LogP contribution >= 0.6 is 12.4 Å². The molecule has 11 heteroatoms. The predicted octanol–water partition coefficient (Wildman–Crippen LogP) is 4.39. The van der Waals surface area contributed by atoms with Gasteiger partial charge in [-0.15, -0.1) is 12.4 Å². The van der Waals surface area contributed by atoms with Crippen LogP contribution in [0, 0.1) is 11.6 Å². The first-order valence-electron chi connectivity index (χ1n) is 11.9. The van der Waals surface area contributed by atoms with Gasteiger partial charge in [0.2, 0.25) is 5.95 Å². The summed E-state index contributed by atoms with van der Waals surface area (Å²) in [5.41, 5.74) is 1.95. The van der Waals surface area contributed by atoms with E-state index in [9.17, 15) is 8.78 Å². The molecule has 1 aromatic carbocycles. The Balaban J connectivity index is 0.00000304. The summed E-state index contributed by atoms with van der Waals surface area (Å²) in [5.74, 6) is -0.295. The maximum atomic E-state index is 14.9. The molecule has 1 saturated heterocycles. The minimum atomic E-state index is -0.640. The highest BCUT2D eigenvalue weighted by atomic mass is 35.5. The maximum Gasteiger partial charge on any atom is 0.229 e. The second-order valence-electron chi connectivity index (χ2n) is 9.16. The second kappa shape index (κ2) is 10.8. The number of hydrogen-bond donors (Lipinski definition) is 2. The molecule has 192 valence electrons. The first-order chi connectivity index (χ1) is 16.9. The lowest BCUT2D eigenvalue weighted by Gasteiger charge is -2.34. The largest absolute Gasteiger partial charge is 0.486 e. The van der Waals surface area contributed by atoms with Crippen LogP contribution in [0.4, 0.5) is 31.9 Å². The number of nitrogens with one attached hydrogen (secondary N) is 2. The maximum absolute atomic E-state index is 14.9. The summed E-state index contributed by atoms with van der Waals surface area (Å²) in [6.07, 6.45) is 2.87. The van der Waals surface area contributed by atoms with Crippen LogP contribution in [-0.2, 0) is 0 Å². The van der Waals surface area contributed by atoms with E-state index in [1.54, 1.807) is 12.3 Å². The first-order valence-corrected chi connectivity index (χ1v) is 11.9. The van der Waals surface area contributed by atoms with Crippen molar-refractivity contribution >= 4 is 35.5 Å². The standard InChI is InChI=1S/C25H29F2N7O.ClH/c1-15(2)34-8-9-35-24-19(26)10-17(11-21(24)34)23-20(27)13-30-25(32-23)31-22-5-4-18(12-29-22)33-7-6-28-16(3)14-33;/h4-5,10-13,15-16,28H,6-9,14H2,1-3H3,(H,29,30,31,32);1H. The van der Waals surface area contributed by atoms with E-state index in [2.05, 4.69) is 37.4 Å². The molecule has 0 saturated carbocycles. The third-order valence-electron chi connectivity index (χ3n) is 6.27. The molecule has 8 nitrogen and oxygen atoms in total. The Kier molecular flexibility index (Phi) is 7.75. The molecule has 2 N–H and O–H groups in total. The molecular weight excluding hydrogens is 488 g/mol. The van der Waals surface area contributed by atoms with Crippen molar-refractivity contribution in [3.63, 3.8) is 0 Å².